The van der Waals surface area contributed by atoms with E-state index in [4.69, 9.17) is 9.47 Å². The van der Waals surface area contributed by atoms with E-state index in [0.29, 0.717) is 13.2 Å². The van der Waals surface area contributed by atoms with E-state index in [-0.39, 0.29) is 0 Å². The summed E-state index contributed by atoms with van der Waals surface area (Å²) in [6.45, 7) is 6.02. The molecular weight excluding hydrogens is 985 g/mol. The fourth-order valence-electron chi connectivity index (χ4n) is 9.37. The van der Waals surface area contributed by atoms with Crippen LogP contribution >= 0.6 is 99.9 Å². The summed E-state index contributed by atoms with van der Waals surface area (Å²) in [5.41, 5.74) is 0. The van der Waals surface area contributed by atoms with Gasteiger partial charge in [-0.3, -0.25) is 0 Å². The number of hydrogen-bond donors (Lipinski definition) is 0. The van der Waals surface area contributed by atoms with Crippen LogP contribution in [0, 0.1) is 0 Å². The van der Waals surface area contributed by atoms with Crippen molar-refractivity contribution in [2.45, 2.75) is 117 Å². The smallest absolute Gasteiger partial charge is 0.161 e. The summed E-state index contributed by atoms with van der Waals surface area (Å²) in [4.78, 5) is 0. The van der Waals surface area contributed by atoms with Gasteiger partial charge in [-0.2, -0.15) is 0 Å². The lowest BCUT2D eigenvalue weighted by atomic mass is 9.97. The fraction of sp³-hybridized carbons (Fsp3) is 0.400. The fourth-order valence-corrected chi connectivity index (χ4v) is 17.8. The van der Waals surface area contributed by atoms with Gasteiger partial charge in [0, 0.05) is 52.5 Å². The number of hydrogen-bond acceptors (Lipinski definition) is 8. The van der Waals surface area contributed by atoms with Gasteiger partial charge in [-0.1, -0.05) is 104 Å². The molecule has 6 heterocycles. The zero-order valence-corrected chi connectivity index (χ0v) is 42.4. The lowest BCUT2D eigenvalue weighted by Gasteiger charge is -2.16. The zero-order chi connectivity index (χ0) is 40.7. The number of benzene rings is 4. The van der Waals surface area contributed by atoms with Crippen molar-refractivity contribution in [2.24, 2.45) is 0 Å². The topological polar surface area (TPSA) is 18.5 Å². The summed E-state index contributed by atoms with van der Waals surface area (Å²) in [5, 5.41) is 18.1. The van der Waals surface area contributed by atoms with Crippen molar-refractivity contribution in [3.05, 3.63) is 54.7 Å². The highest BCUT2D eigenvalue weighted by atomic mass is 79.9. The van der Waals surface area contributed by atoms with Crippen molar-refractivity contribution < 1.29 is 9.47 Å². The molecule has 2 nitrogen and oxygen atoms in total. The summed E-state index contributed by atoms with van der Waals surface area (Å²) in [5.74, 6) is 1.80. The Bertz CT molecular complexity index is 2930. The first-order valence-corrected chi connectivity index (χ1v) is 28.7. The van der Waals surface area contributed by atoms with Crippen molar-refractivity contribution >= 4 is 191 Å². The molecule has 0 spiro atoms. The first-order chi connectivity index (χ1) is 29.6. The summed E-state index contributed by atoms with van der Waals surface area (Å²) in [6, 6.07) is 14.1. The maximum absolute atomic E-state index is 6.88. The molecule has 0 atom stereocenters. The van der Waals surface area contributed by atoms with Crippen LogP contribution < -0.4 is 9.47 Å². The Morgan fingerprint density at radius 3 is 1.18 bits per heavy atom. The molecule has 0 fully saturated rings. The molecule has 10 aromatic rings. The van der Waals surface area contributed by atoms with Crippen LogP contribution in [0.25, 0.3) is 91.5 Å². The molecule has 0 amide bonds. The molecule has 0 aliphatic heterocycles. The first-order valence-electron chi connectivity index (χ1n) is 22.1. The van der Waals surface area contributed by atoms with Crippen LogP contribution in [-0.2, 0) is 0 Å². The highest BCUT2D eigenvalue weighted by Gasteiger charge is 2.27. The predicted octanol–water partition coefficient (Wildman–Crippen LogP) is 21.0. The Kier molecular flexibility index (Phi) is 13.0. The maximum atomic E-state index is 6.88. The molecule has 0 N–H and O–H groups in total. The Balaban J connectivity index is 1.16. The molecule has 0 aliphatic carbocycles. The molecule has 0 bridgehead atoms. The van der Waals surface area contributed by atoms with Gasteiger partial charge < -0.3 is 9.47 Å². The van der Waals surface area contributed by atoms with Crippen LogP contribution in [0.15, 0.2) is 54.7 Å². The van der Waals surface area contributed by atoms with Gasteiger partial charge in [-0.25, -0.2) is 0 Å². The monoisotopic (exact) mass is 1030 g/mol. The van der Waals surface area contributed by atoms with Crippen LogP contribution in [0.4, 0.5) is 0 Å². The Morgan fingerprint density at radius 2 is 0.767 bits per heavy atom. The SMILES string of the molecule is CCCCCCCCCCOc1cc2c(cc1OCCCCCCCCCC)c1c(sc3c4sc(Br)cc4c4ccsc4c31)c1sc3c4sc(Br)cc4c4ccsc4c3c21. The van der Waals surface area contributed by atoms with E-state index < -0.39 is 0 Å². The lowest BCUT2D eigenvalue weighted by Crippen LogP contribution is -2.03. The van der Waals surface area contributed by atoms with E-state index in [1.807, 2.05) is 68.0 Å². The van der Waals surface area contributed by atoms with E-state index in [9.17, 15) is 0 Å². The minimum atomic E-state index is 0.714. The molecule has 10 rings (SSSR count). The number of fused-ring (bicyclic) bond motifs is 20. The molecule has 312 valence electrons. The predicted molar refractivity (Wildman–Crippen MR) is 283 cm³/mol. The molecule has 4 aromatic carbocycles. The minimum absolute atomic E-state index is 0.714. The van der Waals surface area contributed by atoms with E-state index in [1.54, 1.807) is 0 Å². The van der Waals surface area contributed by atoms with Crippen LogP contribution in [-0.4, -0.2) is 13.2 Å². The molecule has 0 saturated carbocycles. The second kappa shape index (κ2) is 18.6. The third kappa shape index (κ3) is 7.73. The van der Waals surface area contributed by atoms with Crippen molar-refractivity contribution in [1.29, 1.82) is 0 Å². The van der Waals surface area contributed by atoms with Gasteiger partial charge in [0.15, 0.2) is 11.5 Å². The third-order valence-electron chi connectivity index (χ3n) is 12.3. The molecule has 60 heavy (non-hydrogen) atoms. The Morgan fingerprint density at radius 1 is 0.383 bits per heavy atom. The second-order valence-corrected chi connectivity index (χ2v) is 25.2. The number of thiophene rings is 6. The average molecular weight is 1040 g/mol. The average Bonchev–Trinajstić information content (AvgIpc) is 4.10. The largest absolute Gasteiger partial charge is 0.490 e. The van der Waals surface area contributed by atoms with Crippen molar-refractivity contribution in [2.75, 3.05) is 13.2 Å². The van der Waals surface area contributed by atoms with E-state index in [2.05, 4.69) is 92.9 Å². The van der Waals surface area contributed by atoms with Crippen LogP contribution in [0.3, 0.4) is 0 Å². The molecule has 6 aromatic heterocycles. The molecule has 10 heteroatoms. The molecule has 0 aliphatic rings. The number of rotatable bonds is 20. The van der Waals surface area contributed by atoms with Gasteiger partial charge in [0.2, 0.25) is 0 Å². The van der Waals surface area contributed by atoms with Crippen molar-refractivity contribution in [1.82, 2.24) is 0 Å². The van der Waals surface area contributed by atoms with E-state index >= 15 is 0 Å². The Hall–Kier alpha value is -2.02. The number of unbranched alkanes of at least 4 members (excludes halogenated alkanes) is 14. The quantitative estimate of drug-likeness (QED) is 0.0708. The number of halogens is 2. The Labute approximate surface area is 393 Å². The number of ether oxygens (including phenoxy) is 2. The van der Waals surface area contributed by atoms with Gasteiger partial charge in [0.25, 0.3) is 0 Å². The van der Waals surface area contributed by atoms with Crippen LogP contribution in [0.5, 0.6) is 11.5 Å². The van der Waals surface area contributed by atoms with E-state index in [0.717, 1.165) is 24.3 Å². The van der Waals surface area contributed by atoms with Gasteiger partial charge in [0.05, 0.1) is 49.0 Å². The highest BCUT2D eigenvalue weighted by Crippen LogP contribution is 2.58. The molecular formula is C50H50Br2O2S6. The standard InChI is InChI=1S/C50H50Br2O2S6/c1-3-5-7-9-11-13-15-17-21-53-35-25-31-32(26-36(35)54-22-18-16-14-12-10-8-6-4-2)40-42-44-30(20-24-56-44)34-28-38(52)58-46(34)50(42)60-48(40)47-39(31)41-43-29(19-23-55-43)33-27-37(51)57-45(33)49(41)59-47/h19-20,23-28H,3-18,21-22H2,1-2H3. The highest BCUT2D eigenvalue weighted by molar-refractivity contribution is 9.11. The van der Waals surface area contributed by atoms with Crippen molar-refractivity contribution in [3.8, 4) is 11.5 Å². The van der Waals surface area contributed by atoms with Gasteiger partial charge >= 0.3 is 0 Å². The molecule has 0 saturated heterocycles. The first kappa shape index (κ1) is 42.0. The van der Waals surface area contributed by atoms with E-state index in [1.165, 1.54) is 189 Å². The van der Waals surface area contributed by atoms with Gasteiger partial charge in [-0.05, 0) is 103 Å². The summed E-state index contributed by atoms with van der Waals surface area (Å²) in [6.07, 6.45) is 20.5. The van der Waals surface area contributed by atoms with Crippen LogP contribution in [0.2, 0.25) is 0 Å². The summed E-state index contributed by atoms with van der Waals surface area (Å²) >= 11 is 19.3. The maximum Gasteiger partial charge on any atom is 0.161 e. The van der Waals surface area contributed by atoms with Gasteiger partial charge in [-0.15, -0.1) is 68.0 Å². The summed E-state index contributed by atoms with van der Waals surface area (Å²) < 4.78 is 27.3. The molecule has 0 radical (unpaired) electrons. The second-order valence-electron chi connectivity index (χ2n) is 16.4. The minimum Gasteiger partial charge on any atom is -0.490 e. The normalized spacial score (nSPS) is 12.5. The van der Waals surface area contributed by atoms with Crippen LogP contribution in [0.1, 0.15) is 117 Å². The zero-order valence-electron chi connectivity index (χ0n) is 34.4. The van der Waals surface area contributed by atoms with Crippen molar-refractivity contribution in [3.63, 3.8) is 0 Å². The lowest BCUT2D eigenvalue weighted by molar-refractivity contribution is 0.259. The molecule has 0 unspecified atom stereocenters. The third-order valence-corrected chi connectivity index (χ3v) is 20.3. The van der Waals surface area contributed by atoms with Gasteiger partial charge in [0.1, 0.15) is 0 Å². The summed E-state index contributed by atoms with van der Waals surface area (Å²) in [7, 11) is 0.